The first kappa shape index (κ1) is 12.9. The van der Waals surface area contributed by atoms with Gasteiger partial charge in [-0.15, -0.1) is 0 Å². The molecule has 0 saturated heterocycles. The van der Waals surface area contributed by atoms with E-state index in [1.54, 1.807) is 12.1 Å². The van der Waals surface area contributed by atoms with Gasteiger partial charge in [-0.25, -0.2) is 0 Å². The highest BCUT2D eigenvalue weighted by Crippen LogP contribution is 2.39. The van der Waals surface area contributed by atoms with Crippen LogP contribution < -0.4 is 10.1 Å². The molecule has 2 nitrogen and oxygen atoms in total. The maximum Gasteiger partial charge on any atom is 0.144 e. The summed E-state index contributed by atoms with van der Waals surface area (Å²) in [7, 11) is 0. The first-order valence-corrected chi connectivity index (χ1v) is 6.92. The van der Waals surface area contributed by atoms with Crippen LogP contribution in [0, 0.1) is 0 Å². The van der Waals surface area contributed by atoms with Crippen LogP contribution in [0.5, 0.6) is 5.75 Å². The molecule has 2 aromatic carbocycles. The SMILES string of the molecule is Clc1ccc2c(c1)OC(c1cccc(Cl)c1Cl)CN2. The van der Waals surface area contributed by atoms with Gasteiger partial charge < -0.3 is 10.1 Å². The average Bonchev–Trinajstić information content (AvgIpc) is 2.41. The van der Waals surface area contributed by atoms with Crippen LogP contribution in [0.3, 0.4) is 0 Å². The van der Waals surface area contributed by atoms with Gasteiger partial charge >= 0.3 is 0 Å². The summed E-state index contributed by atoms with van der Waals surface area (Å²) in [5.41, 5.74) is 1.80. The molecule has 0 saturated carbocycles. The van der Waals surface area contributed by atoms with Gasteiger partial charge in [0, 0.05) is 16.7 Å². The van der Waals surface area contributed by atoms with Crippen molar-refractivity contribution in [3.05, 3.63) is 57.0 Å². The minimum absolute atomic E-state index is 0.183. The van der Waals surface area contributed by atoms with E-state index in [1.165, 1.54) is 0 Å². The van der Waals surface area contributed by atoms with Crippen molar-refractivity contribution in [3.63, 3.8) is 0 Å². The van der Waals surface area contributed by atoms with E-state index < -0.39 is 0 Å². The molecule has 1 atom stereocenters. The molecule has 19 heavy (non-hydrogen) atoms. The van der Waals surface area contributed by atoms with E-state index in [0.717, 1.165) is 17.0 Å². The van der Waals surface area contributed by atoms with Gasteiger partial charge in [-0.05, 0) is 18.2 Å². The van der Waals surface area contributed by atoms with Crippen LogP contribution in [0.2, 0.25) is 15.1 Å². The molecule has 1 unspecified atom stereocenters. The molecule has 1 aliphatic rings. The number of halogens is 3. The molecule has 0 spiro atoms. The molecule has 0 aliphatic carbocycles. The quantitative estimate of drug-likeness (QED) is 0.782. The van der Waals surface area contributed by atoms with E-state index in [0.29, 0.717) is 21.6 Å². The lowest BCUT2D eigenvalue weighted by Crippen LogP contribution is -2.23. The van der Waals surface area contributed by atoms with Crippen molar-refractivity contribution >= 4 is 40.5 Å². The third-order valence-electron chi connectivity index (χ3n) is 3.02. The van der Waals surface area contributed by atoms with Crippen molar-refractivity contribution in [3.8, 4) is 5.75 Å². The number of ether oxygens (including phenoxy) is 1. The zero-order valence-corrected chi connectivity index (χ0v) is 12.1. The Bertz CT molecular complexity index is 630. The van der Waals surface area contributed by atoms with E-state index >= 15 is 0 Å². The molecular formula is C14H10Cl3NO. The Morgan fingerprint density at radius 1 is 1.11 bits per heavy atom. The van der Waals surface area contributed by atoms with Gasteiger partial charge in [-0.1, -0.05) is 46.9 Å². The number of benzene rings is 2. The predicted molar refractivity (Wildman–Crippen MR) is 79.8 cm³/mol. The second-order valence-electron chi connectivity index (χ2n) is 4.27. The van der Waals surface area contributed by atoms with Crippen LogP contribution in [0.15, 0.2) is 36.4 Å². The number of anilines is 1. The van der Waals surface area contributed by atoms with Gasteiger partial charge in [0.25, 0.3) is 0 Å². The van der Waals surface area contributed by atoms with E-state index in [-0.39, 0.29) is 6.10 Å². The van der Waals surface area contributed by atoms with Crippen LogP contribution in [0.25, 0.3) is 0 Å². The molecule has 1 aliphatic heterocycles. The summed E-state index contributed by atoms with van der Waals surface area (Å²) >= 11 is 18.2. The van der Waals surface area contributed by atoms with E-state index in [2.05, 4.69) is 5.32 Å². The molecule has 98 valence electrons. The molecular weight excluding hydrogens is 305 g/mol. The lowest BCUT2D eigenvalue weighted by Gasteiger charge is -2.28. The predicted octanol–water partition coefficient (Wildman–Crippen LogP) is 5.19. The largest absolute Gasteiger partial charge is 0.482 e. The fourth-order valence-electron chi connectivity index (χ4n) is 2.08. The van der Waals surface area contributed by atoms with Gasteiger partial charge in [0.1, 0.15) is 11.9 Å². The maximum atomic E-state index is 6.22. The number of hydrogen-bond donors (Lipinski definition) is 1. The molecule has 0 amide bonds. The van der Waals surface area contributed by atoms with E-state index in [1.807, 2.05) is 24.3 Å². The van der Waals surface area contributed by atoms with Crippen molar-refractivity contribution in [1.82, 2.24) is 0 Å². The van der Waals surface area contributed by atoms with Crippen LogP contribution in [0.1, 0.15) is 11.7 Å². The number of nitrogens with one attached hydrogen (secondary N) is 1. The highest BCUT2D eigenvalue weighted by atomic mass is 35.5. The summed E-state index contributed by atoms with van der Waals surface area (Å²) < 4.78 is 5.94. The van der Waals surface area contributed by atoms with Crippen molar-refractivity contribution < 1.29 is 4.74 Å². The summed E-state index contributed by atoms with van der Waals surface area (Å²) in [4.78, 5) is 0. The molecule has 1 heterocycles. The molecule has 0 fully saturated rings. The van der Waals surface area contributed by atoms with Gasteiger partial charge in [-0.2, -0.15) is 0 Å². The Balaban J connectivity index is 1.95. The van der Waals surface area contributed by atoms with Crippen molar-refractivity contribution in [2.45, 2.75) is 6.10 Å². The summed E-state index contributed by atoms with van der Waals surface area (Å²) in [6.07, 6.45) is -0.183. The highest BCUT2D eigenvalue weighted by molar-refractivity contribution is 6.42. The van der Waals surface area contributed by atoms with Gasteiger partial charge in [0.2, 0.25) is 0 Å². The summed E-state index contributed by atoms with van der Waals surface area (Å²) in [6.45, 7) is 0.634. The van der Waals surface area contributed by atoms with Crippen molar-refractivity contribution in [2.24, 2.45) is 0 Å². The molecule has 5 heteroatoms. The summed E-state index contributed by atoms with van der Waals surface area (Å²) in [5.74, 6) is 0.722. The summed E-state index contributed by atoms with van der Waals surface area (Å²) in [6, 6.07) is 11.0. The van der Waals surface area contributed by atoms with Crippen LogP contribution in [0.4, 0.5) is 5.69 Å². The standard InChI is InChI=1S/C14H10Cl3NO/c15-8-4-5-11-12(6-8)19-13(7-18-11)9-2-1-3-10(16)14(9)17/h1-6,13,18H,7H2. The Kier molecular flexibility index (Phi) is 3.48. The van der Waals surface area contributed by atoms with Crippen molar-refractivity contribution in [1.29, 1.82) is 0 Å². The smallest absolute Gasteiger partial charge is 0.144 e. The first-order valence-electron chi connectivity index (χ1n) is 5.79. The minimum atomic E-state index is -0.183. The third kappa shape index (κ3) is 2.48. The number of fused-ring (bicyclic) bond motifs is 1. The van der Waals surface area contributed by atoms with Gasteiger partial charge in [0.15, 0.2) is 0 Å². The van der Waals surface area contributed by atoms with Crippen LogP contribution >= 0.6 is 34.8 Å². The average molecular weight is 315 g/mol. The molecule has 3 rings (SSSR count). The molecule has 0 bridgehead atoms. The second kappa shape index (κ2) is 5.12. The maximum absolute atomic E-state index is 6.22. The van der Waals surface area contributed by atoms with E-state index in [9.17, 15) is 0 Å². The van der Waals surface area contributed by atoms with Crippen LogP contribution in [-0.4, -0.2) is 6.54 Å². The lowest BCUT2D eigenvalue weighted by atomic mass is 10.1. The minimum Gasteiger partial charge on any atom is -0.482 e. The lowest BCUT2D eigenvalue weighted by molar-refractivity contribution is 0.210. The normalized spacial score (nSPS) is 17.3. The number of rotatable bonds is 1. The zero-order valence-electron chi connectivity index (χ0n) is 9.79. The molecule has 2 aromatic rings. The van der Waals surface area contributed by atoms with Gasteiger partial charge in [-0.3, -0.25) is 0 Å². The molecule has 0 radical (unpaired) electrons. The Morgan fingerprint density at radius 2 is 1.95 bits per heavy atom. The second-order valence-corrected chi connectivity index (χ2v) is 5.49. The van der Waals surface area contributed by atoms with Crippen LogP contribution in [-0.2, 0) is 0 Å². The van der Waals surface area contributed by atoms with E-state index in [4.69, 9.17) is 39.5 Å². The fourth-order valence-corrected chi connectivity index (χ4v) is 2.67. The Hall–Kier alpha value is -1.09. The first-order chi connectivity index (χ1) is 9.15. The monoisotopic (exact) mass is 313 g/mol. The molecule has 1 N–H and O–H groups in total. The molecule has 0 aromatic heterocycles. The summed E-state index contributed by atoms with van der Waals surface area (Å²) in [5, 5.41) is 4.99. The van der Waals surface area contributed by atoms with Gasteiger partial charge in [0.05, 0.1) is 22.3 Å². The highest BCUT2D eigenvalue weighted by Gasteiger charge is 2.23. The topological polar surface area (TPSA) is 21.3 Å². The van der Waals surface area contributed by atoms with Crippen molar-refractivity contribution in [2.75, 3.05) is 11.9 Å². The Morgan fingerprint density at radius 3 is 2.79 bits per heavy atom. The zero-order chi connectivity index (χ0) is 13.4. The Labute approximate surface area is 126 Å². The third-order valence-corrected chi connectivity index (χ3v) is 4.09. The fraction of sp³-hybridized carbons (Fsp3) is 0.143. The number of hydrogen-bond acceptors (Lipinski definition) is 2.